The molecule has 3 aromatic rings. The van der Waals surface area contributed by atoms with Crippen molar-refractivity contribution in [2.75, 3.05) is 18.6 Å². The summed E-state index contributed by atoms with van der Waals surface area (Å²) in [5, 5.41) is 2.24. The van der Waals surface area contributed by atoms with Gasteiger partial charge in [-0.2, -0.15) is 0 Å². The molecule has 168 valence electrons. The van der Waals surface area contributed by atoms with Crippen LogP contribution in [0.5, 0.6) is 11.5 Å². The maximum Gasteiger partial charge on any atom is 0.338 e. The average Bonchev–Trinajstić information content (AvgIpc) is 3.26. The molecule has 1 amide bonds. The van der Waals surface area contributed by atoms with Crippen LogP contribution in [0, 0.1) is 0 Å². The van der Waals surface area contributed by atoms with E-state index in [9.17, 15) is 9.59 Å². The van der Waals surface area contributed by atoms with Gasteiger partial charge in [-0.1, -0.05) is 25.5 Å². The van der Waals surface area contributed by atoms with Crippen molar-refractivity contribution >= 4 is 34.0 Å². The summed E-state index contributed by atoms with van der Waals surface area (Å²) in [5.74, 6) is 0.634. The summed E-state index contributed by atoms with van der Waals surface area (Å²) < 4.78 is 16.4. The minimum Gasteiger partial charge on any atom is -0.495 e. The highest BCUT2D eigenvalue weighted by molar-refractivity contribution is 7.14. The zero-order valence-electron chi connectivity index (χ0n) is 18.4. The number of aromatic nitrogens is 1. The Morgan fingerprint density at radius 2 is 1.84 bits per heavy atom. The smallest absolute Gasteiger partial charge is 0.338 e. The van der Waals surface area contributed by atoms with Crippen molar-refractivity contribution in [3.63, 3.8) is 0 Å². The minimum atomic E-state index is -0.451. The molecule has 0 aliphatic carbocycles. The van der Waals surface area contributed by atoms with Crippen molar-refractivity contribution in [3.8, 4) is 11.5 Å². The second-order valence-electron chi connectivity index (χ2n) is 6.95. The monoisotopic (exact) mass is 454 g/mol. The van der Waals surface area contributed by atoms with Crippen LogP contribution in [-0.2, 0) is 16.1 Å². The number of nitrogens with zero attached hydrogens (tertiary/aromatic N) is 2. The SMILES string of the molecule is CCCCOc1ccc(C(=O)OCc2csc(N(C(C)=O)c3ccccc3OC)n2)cc1. The molecule has 7 nitrogen and oxygen atoms in total. The normalized spacial score (nSPS) is 10.5. The number of hydrogen-bond donors (Lipinski definition) is 0. The average molecular weight is 455 g/mol. The Morgan fingerprint density at radius 3 is 2.53 bits per heavy atom. The van der Waals surface area contributed by atoms with Gasteiger partial charge in [-0.05, 0) is 42.8 Å². The molecule has 0 saturated heterocycles. The van der Waals surface area contributed by atoms with Gasteiger partial charge in [0, 0.05) is 12.3 Å². The molecule has 1 aromatic heterocycles. The maximum atomic E-state index is 12.4. The van der Waals surface area contributed by atoms with Crippen molar-refractivity contribution in [3.05, 3.63) is 65.2 Å². The van der Waals surface area contributed by atoms with Crippen LogP contribution in [-0.4, -0.2) is 30.6 Å². The van der Waals surface area contributed by atoms with Crippen LogP contribution in [0.25, 0.3) is 0 Å². The highest BCUT2D eigenvalue weighted by Crippen LogP contribution is 2.35. The number of anilines is 2. The summed E-state index contributed by atoms with van der Waals surface area (Å²) in [6, 6.07) is 14.1. The summed E-state index contributed by atoms with van der Waals surface area (Å²) in [7, 11) is 1.55. The van der Waals surface area contributed by atoms with E-state index in [1.807, 2.05) is 12.1 Å². The lowest BCUT2D eigenvalue weighted by atomic mass is 10.2. The summed E-state index contributed by atoms with van der Waals surface area (Å²) in [4.78, 5) is 30.7. The van der Waals surface area contributed by atoms with Gasteiger partial charge in [0.2, 0.25) is 5.91 Å². The molecule has 0 saturated carbocycles. The Balaban J connectivity index is 1.64. The summed E-state index contributed by atoms with van der Waals surface area (Å²) >= 11 is 1.29. The fraction of sp³-hybridized carbons (Fsp3) is 0.292. The minimum absolute atomic E-state index is 0.00174. The van der Waals surface area contributed by atoms with Gasteiger partial charge in [0.15, 0.2) is 5.13 Å². The topological polar surface area (TPSA) is 78.0 Å². The number of methoxy groups -OCH3 is 1. The number of esters is 1. The quantitative estimate of drug-likeness (QED) is 0.303. The van der Waals surface area contributed by atoms with E-state index in [0.29, 0.717) is 34.4 Å². The van der Waals surface area contributed by atoms with Crippen LogP contribution in [0.15, 0.2) is 53.9 Å². The molecule has 0 N–H and O–H groups in total. The standard InChI is InChI=1S/C24H26N2O5S/c1-4-5-14-30-20-12-10-18(11-13-20)23(28)31-15-19-16-32-24(25-19)26(17(2)27)21-8-6-7-9-22(21)29-3/h6-13,16H,4-5,14-15H2,1-3H3. The van der Waals surface area contributed by atoms with Gasteiger partial charge in [0.1, 0.15) is 18.1 Å². The summed E-state index contributed by atoms with van der Waals surface area (Å²) in [5.41, 5.74) is 1.59. The van der Waals surface area contributed by atoms with E-state index >= 15 is 0 Å². The number of carbonyl (C=O) groups is 2. The Hall–Kier alpha value is -3.39. The van der Waals surface area contributed by atoms with Crippen LogP contribution in [0.4, 0.5) is 10.8 Å². The van der Waals surface area contributed by atoms with Crippen LogP contribution < -0.4 is 14.4 Å². The van der Waals surface area contributed by atoms with Crippen molar-refractivity contribution < 1.29 is 23.8 Å². The molecule has 32 heavy (non-hydrogen) atoms. The third-order valence-electron chi connectivity index (χ3n) is 4.58. The molecule has 2 aromatic carbocycles. The molecule has 0 spiro atoms. The summed E-state index contributed by atoms with van der Waals surface area (Å²) in [6.45, 7) is 4.22. The van der Waals surface area contributed by atoms with E-state index in [1.165, 1.54) is 23.2 Å². The zero-order chi connectivity index (χ0) is 22.9. The van der Waals surface area contributed by atoms with Crippen molar-refractivity contribution in [2.45, 2.75) is 33.3 Å². The number of hydrogen-bond acceptors (Lipinski definition) is 7. The number of thiazole rings is 1. The molecule has 0 bridgehead atoms. The molecular formula is C24H26N2O5S. The molecule has 0 aliphatic heterocycles. The number of benzene rings is 2. The lowest BCUT2D eigenvalue weighted by molar-refractivity contribution is -0.115. The number of unbranched alkanes of at least 4 members (excludes halogenated alkanes) is 1. The van der Waals surface area contributed by atoms with Gasteiger partial charge >= 0.3 is 5.97 Å². The molecular weight excluding hydrogens is 428 g/mol. The first-order chi connectivity index (χ1) is 15.5. The van der Waals surface area contributed by atoms with Crippen LogP contribution in [0.3, 0.4) is 0 Å². The van der Waals surface area contributed by atoms with Crippen molar-refractivity contribution in [2.24, 2.45) is 0 Å². The lowest BCUT2D eigenvalue weighted by Crippen LogP contribution is -2.23. The zero-order valence-corrected chi connectivity index (χ0v) is 19.2. The number of rotatable bonds is 10. The van der Waals surface area contributed by atoms with E-state index in [0.717, 1.165) is 18.6 Å². The van der Waals surface area contributed by atoms with Gasteiger partial charge in [-0.25, -0.2) is 9.78 Å². The third kappa shape index (κ3) is 5.85. The van der Waals surface area contributed by atoms with E-state index in [4.69, 9.17) is 14.2 Å². The first-order valence-corrected chi connectivity index (χ1v) is 11.2. The molecule has 0 radical (unpaired) electrons. The fourth-order valence-electron chi connectivity index (χ4n) is 2.93. The fourth-order valence-corrected chi connectivity index (χ4v) is 3.80. The molecule has 1 heterocycles. The van der Waals surface area contributed by atoms with Gasteiger partial charge in [-0.15, -0.1) is 11.3 Å². The Labute approximate surface area is 191 Å². The molecule has 0 aliphatic rings. The van der Waals surface area contributed by atoms with Gasteiger partial charge in [0.05, 0.1) is 30.7 Å². The predicted molar refractivity (Wildman–Crippen MR) is 124 cm³/mol. The highest BCUT2D eigenvalue weighted by Gasteiger charge is 2.21. The maximum absolute atomic E-state index is 12.4. The highest BCUT2D eigenvalue weighted by atomic mass is 32.1. The third-order valence-corrected chi connectivity index (χ3v) is 5.45. The molecule has 0 fully saturated rings. The number of carbonyl (C=O) groups excluding carboxylic acids is 2. The van der Waals surface area contributed by atoms with Gasteiger partial charge < -0.3 is 14.2 Å². The van der Waals surface area contributed by atoms with Crippen molar-refractivity contribution in [1.82, 2.24) is 4.98 Å². The van der Waals surface area contributed by atoms with E-state index in [2.05, 4.69) is 11.9 Å². The Morgan fingerprint density at radius 1 is 1.09 bits per heavy atom. The van der Waals surface area contributed by atoms with E-state index in [1.54, 1.807) is 48.9 Å². The van der Waals surface area contributed by atoms with Crippen molar-refractivity contribution in [1.29, 1.82) is 0 Å². The van der Waals surface area contributed by atoms with E-state index < -0.39 is 5.97 Å². The van der Waals surface area contributed by atoms with Gasteiger partial charge in [-0.3, -0.25) is 9.69 Å². The number of ether oxygens (including phenoxy) is 3. The number of para-hydroxylation sites is 2. The summed E-state index contributed by atoms with van der Waals surface area (Å²) in [6.07, 6.45) is 2.04. The largest absolute Gasteiger partial charge is 0.495 e. The second kappa shape index (κ2) is 11.3. The molecule has 8 heteroatoms. The van der Waals surface area contributed by atoms with Crippen LogP contribution >= 0.6 is 11.3 Å². The first-order valence-electron chi connectivity index (χ1n) is 10.3. The lowest BCUT2D eigenvalue weighted by Gasteiger charge is -2.20. The first kappa shape index (κ1) is 23.3. The van der Waals surface area contributed by atoms with Crippen LogP contribution in [0.2, 0.25) is 0 Å². The van der Waals surface area contributed by atoms with Gasteiger partial charge in [0.25, 0.3) is 0 Å². The molecule has 0 unspecified atom stereocenters. The van der Waals surface area contributed by atoms with Crippen LogP contribution in [0.1, 0.15) is 42.7 Å². The molecule has 3 rings (SSSR count). The van der Waals surface area contributed by atoms with E-state index in [-0.39, 0.29) is 12.5 Å². The second-order valence-corrected chi connectivity index (χ2v) is 7.79. The Kier molecular flexibility index (Phi) is 8.21. The number of amides is 1. The Bertz CT molecular complexity index is 1050. The predicted octanol–water partition coefficient (Wildman–Crippen LogP) is 5.37. The molecule has 0 atom stereocenters.